The van der Waals surface area contributed by atoms with Gasteiger partial charge in [0.05, 0.1) is 0 Å². The number of piperazine rings is 1. The molecule has 19 heavy (non-hydrogen) atoms. The first-order chi connectivity index (χ1) is 9.16. The van der Waals surface area contributed by atoms with Crippen molar-refractivity contribution in [2.75, 3.05) is 31.5 Å². The lowest BCUT2D eigenvalue weighted by atomic mass is 10.0. The fourth-order valence-corrected chi connectivity index (χ4v) is 2.67. The second-order valence-electron chi connectivity index (χ2n) is 4.99. The van der Waals surface area contributed by atoms with E-state index in [1.54, 1.807) is 0 Å². The largest absolute Gasteiger partial charge is 0.351 e. The number of aryl methyl sites for hydroxylation is 1. The van der Waals surface area contributed by atoms with Crippen LogP contribution in [0.1, 0.15) is 17.3 Å². The Labute approximate surface area is 111 Å². The van der Waals surface area contributed by atoms with Gasteiger partial charge in [0, 0.05) is 37.4 Å². The van der Waals surface area contributed by atoms with Crippen LogP contribution in [0.2, 0.25) is 0 Å². The zero-order valence-corrected chi connectivity index (χ0v) is 10.8. The molecule has 0 spiro atoms. The third-order valence-corrected chi connectivity index (χ3v) is 3.63. The molecule has 0 aliphatic carbocycles. The molecule has 1 fully saturated rings. The van der Waals surface area contributed by atoms with Gasteiger partial charge in [-0.2, -0.15) is 0 Å². The van der Waals surface area contributed by atoms with Gasteiger partial charge in [0.2, 0.25) is 0 Å². The van der Waals surface area contributed by atoms with E-state index in [1.165, 1.54) is 0 Å². The van der Waals surface area contributed by atoms with Crippen molar-refractivity contribution in [2.45, 2.75) is 13.1 Å². The predicted octanol–water partition coefficient (Wildman–Crippen LogP) is 1.63. The quantitative estimate of drug-likeness (QED) is 0.758. The summed E-state index contributed by atoms with van der Waals surface area (Å²) in [5, 5.41) is 6.11. The smallest absolute Gasteiger partial charge is 0.314 e. The van der Waals surface area contributed by atoms with E-state index in [1.807, 2.05) is 30.0 Å². The number of benzene rings is 1. The van der Waals surface area contributed by atoms with Gasteiger partial charge in [-0.1, -0.05) is 16.6 Å². The Balaban J connectivity index is 1.99. The molecule has 1 saturated heterocycles. The van der Waals surface area contributed by atoms with Crippen LogP contribution in [0.3, 0.4) is 0 Å². The summed E-state index contributed by atoms with van der Waals surface area (Å²) in [6.07, 6.45) is -0.619. The van der Waals surface area contributed by atoms with E-state index < -0.39 is 12.2 Å². The van der Waals surface area contributed by atoms with Crippen LogP contribution in [-0.2, 0) is 0 Å². The van der Waals surface area contributed by atoms with Gasteiger partial charge in [0.1, 0.15) is 6.17 Å². The molecule has 1 aromatic carbocycles. The predicted molar refractivity (Wildman–Crippen MR) is 70.3 cm³/mol. The highest BCUT2D eigenvalue weighted by molar-refractivity contribution is 5.92. The number of amides is 2. The van der Waals surface area contributed by atoms with Gasteiger partial charge in [0.25, 0.3) is 0 Å². The van der Waals surface area contributed by atoms with Gasteiger partial charge in [-0.25, -0.2) is 4.79 Å². The molecule has 2 aliphatic heterocycles. The van der Waals surface area contributed by atoms with Gasteiger partial charge >= 0.3 is 6.03 Å². The van der Waals surface area contributed by atoms with Gasteiger partial charge in [-0.3, -0.25) is 4.90 Å². The lowest BCUT2D eigenvalue weighted by Gasteiger charge is -2.40. The first-order valence-corrected chi connectivity index (χ1v) is 6.48. The summed E-state index contributed by atoms with van der Waals surface area (Å²) in [5.41, 5.74) is 2.57. The number of urea groups is 1. The van der Waals surface area contributed by atoms with Crippen molar-refractivity contribution in [2.24, 2.45) is 0 Å². The summed E-state index contributed by atoms with van der Waals surface area (Å²) in [4.78, 5) is 13.7. The van der Waals surface area contributed by atoms with Crippen molar-refractivity contribution in [3.8, 4) is 0 Å². The van der Waals surface area contributed by atoms with E-state index in [-0.39, 0.29) is 0 Å². The van der Waals surface area contributed by atoms with E-state index in [2.05, 4.69) is 10.6 Å². The molecule has 0 aromatic heterocycles. The van der Waals surface area contributed by atoms with Crippen LogP contribution in [0.5, 0.6) is 0 Å². The monoisotopic (exact) mass is 264 g/mol. The third-order valence-electron chi connectivity index (χ3n) is 3.63. The lowest BCUT2D eigenvalue weighted by molar-refractivity contribution is -0.0546. The molecule has 102 valence electrons. The number of halogens is 1. The normalized spacial score (nSPS) is 24.0. The third kappa shape index (κ3) is 2.17. The van der Waals surface area contributed by atoms with E-state index >= 15 is 0 Å². The average molecular weight is 264 g/mol. The maximum Gasteiger partial charge on any atom is 0.351 e. The highest BCUT2D eigenvalue weighted by atomic mass is 19.2. The summed E-state index contributed by atoms with van der Waals surface area (Å²) in [7, 11) is 0. The number of carbonyl (C=O) groups excluding carboxylic acids is 1. The molecule has 0 saturated carbocycles. The fourth-order valence-electron chi connectivity index (χ4n) is 2.67. The SMILES string of the molecule is Cc1ccc2c(c1)NC(=O)N(F)C2N1CCNCC1. The number of carbonyl (C=O) groups is 1. The Hall–Kier alpha value is -1.66. The lowest BCUT2D eigenvalue weighted by Crippen LogP contribution is -2.52. The molecule has 1 unspecified atom stereocenters. The minimum Gasteiger partial charge on any atom is -0.314 e. The Morgan fingerprint density at radius 2 is 2.05 bits per heavy atom. The molecular weight excluding hydrogens is 247 g/mol. The fraction of sp³-hybridized carbons (Fsp3) is 0.462. The summed E-state index contributed by atoms with van der Waals surface area (Å²) in [6, 6.07) is 5.03. The second-order valence-corrected chi connectivity index (χ2v) is 4.99. The van der Waals surface area contributed by atoms with Crippen LogP contribution >= 0.6 is 0 Å². The van der Waals surface area contributed by atoms with Gasteiger partial charge in [0.15, 0.2) is 0 Å². The summed E-state index contributed by atoms with van der Waals surface area (Å²) in [5.74, 6) is 0. The molecule has 3 rings (SSSR count). The van der Waals surface area contributed by atoms with E-state index in [9.17, 15) is 9.28 Å². The van der Waals surface area contributed by atoms with Gasteiger partial charge < -0.3 is 10.6 Å². The first-order valence-electron chi connectivity index (χ1n) is 6.48. The number of fused-ring (bicyclic) bond motifs is 1. The Morgan fingerprint density at radius 3 is 2.79 bits per heavy atom. The van der Waals surface area contributed by atoms with E-state index in [0.717, 1.165) is 37.3 Å². The first kappa shape index (κ1) is 12.4. The van der Waals surface area contributed by atoms with Crippen LogP contribution in [0.25, 0.3) is 0 Å². The molecule has 5 nitrogen and oxygen atoms in total. The maximum atomic E-state index is 14.2. The average Bonchev–Trinajstić information content (AvgIpc) is 2.41. The molecule has 1 atom stereocenters. The number of hydrogen-bond acceptors (Lipinski definition) is 3. The minimum absolute atomic E-state index is 0.295. The second kappa shape index (κ2) is 4.79. The van der Waals surface area contributed by atoms with Crippen molar-refractivity contribution in [1.29, 1.82) is 0 Å². The standard InChI is InChI=1S/C13H17FN4O/c1-9-2-3-10-11(8-9)16-13(19)18(14)12(10)17-6-4-15-5-7-17/h2-3,8,12,15H,4-7H2,1H3,(H,16,19). The molecule has 0 radical (unpaired) electrons. The minimum atomic E-state index is -0.693. The zero-order chi connectivity index (χ0) is 13.4. The topological polar surface area (TPSA) is 47.6 Å². The number of nitrogens with one attached hydrogen (secondary N) is 2. The summed E-state index contributed by atoms with van der Waals surface area (Å²) >= 11 is 0. The van der Waals surface area contributed by atoms with Gasteiger partial charge in [-0.15, -0.1) is 5.12 Å². The van der Waals surface area contributed by atoms with Crippen LogP contribution in [0.15, 0.2) is 18.2 Å². The molecule has 6 heteroatoms. The Kier molecular flexibility index (Phi) is 3.12. The van der Waals surface area contributed by atoms with Gasteiger partial charge in [-0.05, 0) is 18.6 Å². The molecule has 2 amide bonds. The highest BCUT2D eigenvalue weighted by Crippen LogP contribution is 2.36. The number of rotatable bonds is 1. The molecular formula is C13H17FN4O. The van der Waals surface area contributed by atoms with Crippen LogP contribution < -0.4 is 10.6 Å². The van der Waals surface area contributed by atoms with E-state index in [0.29, 0.717) is 10.8 Å². The van der Waals surface area contributed by atoms with E-state index in [4.69, 9.17) is 0 Å². The van der Waals surface area contributed by atoms with Crippen molar-refractivity contribution in [1.82, 2.24) is 15.3 Å². The zero-order valence-electron chi connectivity index (χ0n) is 10.8. The van der Waals surface area contributed by atoms with Crippen LogP contribution in [0, 0.1) is 6.92 Å². The number of hydrogen-bond donors (Lipinski definition) is 2. The molecule has 1 aromatic rings. The molecule has 0 bridgehead atoms. The van der Waals surface area contributed by atoms with Crippen LogP contribution in [-0.4, -0.2) is 42.2 Å². The molecule has 2 N–H and O–H groups in total. The molecule has 2 aliphatic rings. The molecule has 2 heterocycles. The highest BCUT2D eigenvalue weighted by Gasteiger charge is 2.37. The Morgan fingerprint density at radius 1 is 1.32 bits per heavy atom. The van der Waals surface area contributed by atoms with Crippen molar-refractivity contribution in [3.05, 3.63) is 29.3 Å². The van der Waals surface area contributed by atoms with Crippen molar-refractivity contribution >= 4 is 11.7 Å². The van der Waals surface area contributed by atoms with Crippen molar-refractivity contribution in [3.63, 3.8) is 0 Å². The summed E-state index contributed by atoms with van der Waals surface area (Å²) in [6.45, 7) is 5.03. The van der Waals surface area contributed by atoms with Crippen LogP contribution in [0.4, 0.5) is 15.0 Å². The number of anilines is 1. The Bertz CT molecular complexity index is 501. The maximum absolute atomic E-state index is 14.2. The van der Waals surface area contributed by atoms with Crippen molar-refractivity contribution < 1.29 is 9.28 Å². The summed E-state index contributed by atoms with van der Waals surface area (Å²) < 4.78 is 14.2. The number of nitrogens with zero attached hydrogens (tertiary/aromatic N) is 2.